The summed E-state index contributed by atoms with van der Waals surface area (Å²) in [7, 11) is 0. The van der Waals surface area contributed by atoms with Crippen LogP contribution in [0.5, 0.6) is 0 Å². The summed E-state index contributed by atoms with van der Waals surface area (Å²) in [6, 6.07) is 1.96. The number of ether oxygens (including phenoxy) is 1. The highest BCUT2D eigenvalue weighted by Crippen LogP contribution is 2.59. The van der Waals surface area contributed by atoms with E-state index in [9.17, 15) is 22.4 Å². The van der Waals surface area contributed by atoms with Crippen molar-refractivity contribution < 1.29 is 27.1 Å². The van der Waals surface area contributed by atoms with Crippen molar-refractivity contribution in [2.24, 2.45) is 17.3 Å². The number of carbonyl (C=O) groups excluding carboxylic acids is 1. The number of benzene rings is 1. The fraction of sp³-hybridized carbons (Fsp3) is 0.474. The number of nitriles is 1. The molecular formula is C19H19F4NO2S. The van der Waals surface area contributed by atoms with Crippen molar-refractivity contribution in [3.63, 3.8) is 0 Å². The SMILES string of the molecule is CSCc1c(F)c(F)c(COC(=O)C2C(/C=C(\C)C#N)C2(C)C)c(F)c1F. The fourth-order valence-corrected chi connectivity index (χ4v) is 3.64. The highest BCUT2D eigenvalue weighted by atomic mass is 32.2. The van der Waals surface area contributed by atoms with Crippen molar-refractivity contribution in [3.05, 3.63) is 46.0 Å². The number of hydrogen-bond donors (Lipinski definition) is 0. The van der Waals surface area contributed by atoms with Crippen molar-refractivity contribution >= 4 is 17.7 Å². The van der Waals surface area contributed by atoms with E-state index in [1.54, 1.807) is 33.1 Å². The minimum Gasteiger partial charge on any atom is -0.460 e. The summed E-state index contributed by atoms with van der Waals surface area (Å²) in [6.45, 7) is 4.28. The van der Waals surface area contributed by atoms with Gasteiger partial charge in [-0.15, -0.1) is 0 Å². The topological polar surface area (TPSA) is 50.1 Å². The van der Waals surface area contributed by atoms with Crippen LogP contribution in [0.4, 0.5) is 17.6 Å². The Hall–Kier alpha value is -2.01. The predicted molar refractivity (Wildman–Crippen MR) is 93.4 cm³/mol. The van der Waals surface area contributed by atoms with E-state index in [0.717, 1.165) is 11.8 Å². The van der Waals surface area contributed by atoms with Gasteiger partial charge in [-0.25, -0.2) is 17.6 Å². The molecule has 0 heterocycles. The van der Waals surface area contributed by atoms with Gasteiger partial charge in [0.05, 0.1) is 17.6 Å². The highest BCUT2D eigenvalue weighted by Gasteiger charge is 2.61. The van der Waals surface area contributed by atoms with E-state index in [-0.39, 0.29) is 11.7 Å². The van der Waals surface area contributed by atoms with Gasteiger partial charge in [0.15, 0.2) is 23.3 Å². The first-order chi connectivity index (χ1) is 12.6. The monoisotopic (exact) mass is 401 g/mol. The number of carbonyl (C=O) groups is 1. The molecule has 3 nitrogen and oxygen atoms in total. The zero-order valence-corrected chi connectivity index (χ0v) is 16.1. The molecule has 1 aliphatic carbocycles. The lowest BCUT2D eigenvalue weighted by molar-refractivity contribution is -0.147. The van der Waals surface area contributed by atoms with Crippen LogP contribution in [0.2, 0.25) is 0 Å². The van der Waals surface area contributed by atoms with Gasteiger partial charge in [0.25, 0.3) is 0 Å². The number of thioether (sulfide) groups is 1. The quantitative estimate of drug-likeness (QED) is 0.295. The molecule has 0 saturated heterocycles. The number of hydrogen-bond acceptors (Lipinski definition) is 4. The van der Waals surface area contributed by atoms with Crippen LogP contribution in [0.1, 0.15) is 31.9 Å². The Labute approximate surface area is 159 Å². The molecule has 2 rings (SSSR count). The summed E-state index contributed by atoms with van der Waals surface area (Å²) in [4.78, 5) is 12.3. The Balaban J connectivity index is 2.18. The molecule has 1 fully saturated rings. The number of esters is 1. The molecule has 0 bridgehead atoms. The summed E-state index contributed by atoms with van der Waals surface area (Å²) >= 11 is 1.02. The molecule has 0 aromatic heterocycles. The van der Waals surface area contributed by atoms with Gasteiger partial charge in [0, 0.05) is 16.9 Å². The molecule has 0 amide bonds. The lowest BCUT2D eigenvalue weighted by atomic mass is 10.1. The molecule has 1 aromatic rings. The van der Waals surface area contributed by atoms with Crippen LogP contribution in [-0.4, -0.2) is 12.2 Å². The normalized spacial score (nSPS) is 20.9. The molecule has 27 heavy (non-hydrogen) atoms. The lowest BCUT2D eigenvalue weighted by Crippen LogP contribution is -2.14. The minimum absolute atomic E-state index is 0.228. The van der Waals surface area contributed by atoms with E-state index in [1.807, 2.05) is 6.07 Å². The maximum atomic E-state index is 14.1. The highest BCUT2D eigenvalue weighted by molar-refractivity contribution is 7.97. The van der Waals surface area contributed by atoms with Gasteiger partial charge in [-0.05, 0) is 24.5 Å². The third kappa shape index (κ3) is 3.98. The number of rotatable bonds is 6. The number of allylic oxidation sites excluding steroid dienone is 2. The third-order valence-corrected chi connectivity index (χ3v) is 5.44. The summed E-state index contributed by atoms with van der Waals surface area (Å²) in [5, 5.41) is 8.84. The first-order valence-corrected chi connectivity index (χ1v) is 9.55. The first-order valence-electron chi connectivity index (χ1n) is 8.15. The average molecular weight is 401 g/mol. The van der Waals surface area contributed by atoms with E-state index in [0.29, 0.717) is 5.57 Å². The molecule has 0 N–H and O–H groups in total. The summed E-state index contributed by atoms with van der Waals surface area (Å²) in [5.41, 5.74) is -1.69. The molecule has 0 radical (unpaired) electrons. The van der Waals surface area contributed by atoms with Gasteiger partial charge in [-0.1, -0.05) is 19.9 Å². The second-order valence-electron chi connectivity index (χ2n) is 7.04. The lowest BCUT2D eigenvalue weighted by Gasteiger charge is -2.12. The van der Waals surface area contributed by atoms with Crippen LogP contribution in [0.3, 0.4) is 0 Å². The first kappa shape index (κ1) is 21.3. The van der Waals surface area contributed by atoms with E-state index in [4.69, 9.17) is 10.00 Å². The third-order valence-electron chi connectivity index (χ3n) is 4.86. The zero-order valence-electron chi connectivity index (χ0n) is 15.3. The average Bonchev–Trinajstić information content (AvgIpc) is 3.16. The van der Waals surface area contributed by atoms with Gasteiger partial charge < -0.3 is 4.74 Å². The molecule has 2 unspecified atom stereocenters. The summed E-state index contributed by atoms with van der Waals surface area (Å²) < 4.78 is 61.1. The van der Waals surface area contributed by atoms with Gasteiger partial charge in [0.1, 0.15) is 6.61 Å². The Bertz CT molecular complexity index is 816. The smallest absolute Gasteiger partial charge is 0.310 e. The van der Waals surface area contributed by atoms with Crippen LogP contribution in [0.15, 0.2) is 11.6 Å². The van der Waals surface area contributed by atoms with Crippen LogP contribution in [0.25, 0.3) is 0 Å². The summed E-state index contributed by atoms with van der Waals surface area (Å²) in [5.74, 6) is -7.89. The Morgan fingerprint density at radius 3 is 2.19 bits per heavy atom. The van der Waals surface area contributed by atoms with Gasteiger partial charge >= 0.3 is 5.97 Å². The largest absolute Gasteiger partial charge is 0.460 e. The standard InChI is InChI=1S/C19H19F4NO2S/c1-9(6-24)5-12-13(19(12,2)3)18(25)26-7-10-14(20)16(22)11(8-27-4)17(23)15(10)21/h5,12-13H,7-8H2,1-4H3/b9-5+. The molecule has 2 atom stereocenters. The molecule has 1 aromatic carbocycles. The van der Waals surface area contributed by atoms with Crippen molar-refractivity contribution in [3.8, 4) is 6.07 Å². The molecule has 0 spiro atoms. The van der Waals surface area contributed by atoms with Crippen molar-refractivity contribution in [2.45, 2.75) is 33.1 Å². The van der Waals surface area contributed by atoms with Crippen LogP contribution in [0, 0.1) is 51.9 Å². The number of halogens is 4. The van der Waals surface area contributed by atoms with E-state index >= 15 is 0 Å². The van der Waals surface area contributed by atoms with Gasteiger partial charge in [-0.2, -0.15) is 17.0 Å². The Morgan fingerprint density at radius 2 is 1.70 bits per heavy atom. The Morgan fingerprint density at radius 1 is 1.19 bits per heavy atom. The van der Waals surface area contributed by atoms with Gasteiger partial charge in [0.2, 0.25) is 0 Å². The zero-order chi connectivity index (χ0) is 20.5. The second kappa shape index (κ2) is 7.93. The maximum Gasteiger partial charge on any atom is 0.310 e. The van der Waals surface area contributed by atoms with Gasteiger partial charge in [-0.3, -0.25) is 4.79 Å². The van der Waals surface area contributed by atoms with Crippen LogP contribution >= 0.6 is 11.8 Å². The van der Waals surface area contributed by atoms with E-state index in [1.165, 1.54) is 0 Å². The molecule has 1 aliphatic rings. The predicted octanol–water partition coefficient (Wildman–Crippen LogP) is 4.89. The fourth-order valence-electron chi connectivity index (χ4n) is 3.10. The van der Waals surface area contributed by atoms with Crippen LogP contribution < -0.4 is 0 Å². The Kier molecular flexibility index (Phi) is 6.25. The van der Waals surface area contributed by atoms with Crippen LogP contribution in [-0.2, 0) is 21.9 Å². The summed E-state index contributed by atoms with van der Waals surface area (Å²) in [6.07, 6.45) is 3.18. The molecule has 146 valence electrons. The molecule has 1 saturated carbocycles. The van der Waals surface area contributed by atoms with Crippen molar-refractivity contribution in [1.82, 2.24) is 0 Å². The molecule has 0 aliphatic heterocycles. The van der Waals surface area contributed by atoms with Crippen molar-refractivity contribution in [2.75, 3.05) is 6.26 Å². The minimum atomic E-state index is -1.56. The number of nitrogens with zero attached hydrogens (tertiary/aromatic N) is 1. The van der Waals surface area contributed by atoms with E-state index in [2.05, 4.69) is 0 Å². The maximum absolute atomic E-state index is 14.1. The molecule has 8 heteroatoms. The van der Waals surface area contributed by atoms with E-state index < -0.39 is 58.3 Å². The second-order valence-corrected chi connectivity index (χ2v) is 7.91. The molecular weight excluding hydrogens is 382 g/mol. The van der Waals surface area contributed by atoms with Crippen molar-refractivity contribution in [1.29, 1.82) is 5.26 Å².